The second kappa shape index (κ2) is 17.4. The number of ether oxygens (including phenoxy) is 5. The van der Waals surface area contributed by atoms with Crippen molar-refractivity contribution in [3.63, 3.8) is 0 Å². The van der Waals surface area contributed by atoms with Crippen molar-refractivity contribution in [2.45, 2.75) is 156 Å². The molecule has 312 valence electrons. The molecular weight excluding hydrogens is 736 g/mol. The van der Waals surface area contributed by atoms with Crippen LogP contribution in [0.4, 0.5) is 31.6 Å². The predicted molar refractivity (Wildman–Crippen MR) is 213 cm³/mol. The van der Waals surface area contributed by atoms with Crippen molar-refractivity contribution < 1.29 is 43.0 Å². The van der Waals surface area contributed by atoms with Crippen LogP contribution in [0, 0.1) is 10.1 Å². The molecule has 1 unspecified atom stereocenters. The number of hydrogen-bond donors (Lipinski definition) is 1. The van der Waals surface area contributed by atoms with Gasteiger partial charge in [-0.15, -0.1) is 0 Å². The maximum Gasteiger partial charge on any atom is 0.514 e. The molecule has 16 nitrogen and oxygen atoms in total. The number of hydrogen-bond acceptors (Lipinski definition) is 12. The lowest BCUT2D eigenvalue weighted by Gasteiger charge is -2.31. The van der Waals surface area contributed by atoms with E-state index in [1.807, 2.05) is 68.4 Å². The number of rotatable bonds is 12. The largest absolute Gasteiger partial charge is 0.514 e. The summed E-state index contributed by atoms with van der Waals surface area (Å²) in [4.78, 5) is 55.5. The van der Waals surface area contributed by atoms with E-state index in [4.69, 9.17) is 28.8 Å². The van der Waals surface area contributed by atoms with E-state index in [9.17, 15) is 24.5 Å². The number of nitrogens with zero attached hydrogens (tertiary/aromatic N) is 5. The molecule has 1 N–H and O–H groups in total. The molecular formula is C41H58N6O10. The number of aromatic nitrogens is 3. The van der Waals surface area contributed by atoms with Crippen LogP contribution in [0.2, 0.25) is 0 Å². The van der Waals surface area contributed by atoms with Crippen LogP contribution in [0.1, 0.15) is 127 Å². The highest BCUT2D eigenvalue weighted by molar-refractivity contribution is 5.95. The van der Waals surface area contributed by atoms with Crippen molar-refractivity contribution >= 4 is 35.5 Å². The van der Waals surface area contributed by atoms with E-state index in [2.05, 4.69) is 10.3 Å². The van der Waals surface area contributed by atoms with E-state index in [0.29, 0.717) is 55.2 Å². The maximum atomic E-state index is 14.1. The first-order chi connectivity index (χ1) is 26.3. The fourth-order valence-corrected chi connectivity index (χ4v) is 6.16. The third-order valence-corrected chi connectivity index (χ3v) is 8.78. The van der Waals surface area contributed by atoms with Gasteiger partial charge < -0.3 is 29.0 Å². The van der Waals surface area contributed by atoms with Crippen LogP contribution < -0.4 is 19.7 Å². The number of pyridine rings is 1. The zero-order chi connectivity index (χ0) is 42.5. The van der Waals surface area contributed by atoms with Crippen molar-refractivity contribution in [3.8, 4) is 11.6 Å². The number of benzene rings is 1. The highest BCUT2D eigenvalue weighted by Crippen LogP contribution is 2.40. The highest BCUT2D eigenvalue weighted by Gasteiger charge is 2.36. The average molecular weight is 795 g/mol. The number of non-ortho nitro benzene ring substituents is 1. The molecule has 1 aliphatic carbocycles. The lowest BCUT2D eigenvalue weighted by atomic mass is 9.97. The van der Waals surface area contributed by atoms with Crippen LogP contribution in [0.25, 0.3) is 0 Å². The number of nitro benzene ring substituents is 1. The van der Waals surface area contributed by atoms with Gasteiger partial charge in [0.2, 0.25) is 5.88 Å². The van der Waals surface area contributed by atoms with Crippen LogP contribution in [0.15, 0.2) is 48.7 Å². The average Bonchev–Trinajstić information content (AvgIpc) is 3.70. The number of nitrogens with one attached hydrogen (secondary N) is 1. The van der Waals surface area contributed by atoms with E-state index >= 15 is 0 Å². The Kier molecular flexibility index (Phi) is 13.5. The van der Waals surface area contributed by atoms with Crippen molar-refractivity contribution in [2.24, 2.45) is 0 Å². The smallest absolute Gasteiger partial charge is 0.475 e. The summed E-state index contributed by atoms with van der Waals surface area (Å²) in [5.74, 6) is 0.793. The second-order valence-corrected chi connectivity index (χ2v) is 18.0. The summed E-state index contributed by atoms with van der Waals surface area (Å²) < 4.78 is 30.3. The first-order valence-corrected chi connectivity index (χ1v) is 19.2. The SMILES string of the molecule is CC(CCC(C)(C)NC(=O)OC(C)(C)C)Oc1cc(N(C(=O)OC(C)(C)C)c2cc([C@H]3CC[C@@H](OC(=O)Oc4ccc([N+](=O)[O-])cc4)C3)nn2C(C)(C)C)ccn1. The van der Waals surface area contributed by atoms with Gasteiger partial charge in [0, 0.05) is 41.9 Å². The number of carbonyl (C=O) groups excluding carboxylic acids is 3. The van der Waals surface area contributed by atoms with Crippen molar-refractivity contribution in [1.29, 1.82) is 0 Å². The maximum absolute atomic E-state index is 14.1. The molecule has 2 heterocycles. The fourth-order valence-electron chi connectivity index (χ4n) is 6.16. The second-order valence-electron chi connectivity index (χ2n) is 18.0. The van der Waals surface area contributed by atoms with Crippen molar-refractivity contribution in [1.82, 2.24) is 20.1 Å². The highest BCUT2D eigenvalue weighted by atomic mass is 16.7. The number of anilines is 2. The standard InChI is InChI=1S/C41H58N6O10/c1-26(19-21-41(11,12)43-35(48)56-39(5,6)7)53-33-24-29(20-22-42-33)45(36(49)57-40(8,9)10)34-25-32(44-46(34)38(2,3)4)27-13-16-31(23-27)55-37(50)54-30-17-14-28(15-18-30)47(51)52/h14-15,17-18,20,22,24-27,31H,13,16,19,21,23H2,1-12H3,(H,43,48)/t26?,27-,31+/m0/s1. The van der Waals surface area contributed by atoms with Crippen molar-refractivity contribution in [2.75, 3.05) is 4.90 Å². The van der Waals surface area contributed by atoms with Gasteiger partial charge in [-0.1, -0.05) is 0 Å². The summed E-state index contributed by atoms with van der Waals surface area (Å²) in [6.07, 6.45) is 1.68. The van der Waals surface area contributed by atoms with Crippen LogP contribution in [0.3, 0.4) is 0 Å². The van der Waals surface area contributed by atoms with Gasteiger partial charge in [0.1, 0.15) is 28.9 Å². The summed E-state index contributed by atoms with van der Waals surface area (Å²) in [6, 6.07) is 10.4. The van der Waals surface area contributed by atoms with Gasteiger partial charge in [0.15, 0.2) is 0 Å². The van der Waals surface area contributed by atoms with Crippen LogP contribution in [-0.2, 0) is 19.7 Å². The number of amides is 2. The first kappa shape index (κ1) is 44.3. The first-order valence-electron chi connectivity index (χ1n) is 19.2. The lowest BCUT2D eigenvalue weighted by Crippen LogP contribution is -2.46. The summed E-state index contributed by atoms with van der Waals surface area (Å²) in [5, 5.41) is 18.9. The van der Waals surface area contributed by atoms with Gasteiger partial charge in [-0.3, -0.25) is 10.1 Å². The molecule has 1 fully saturated rings. The van der Waals surface area contributed by atoms with E-state index in [-0.39, 0.29) is 23.5 Å². The molecule has 1 aromatic carbocycles. The van der Waals surface area contributed by atoms with Crippen LogP contribution >= 0.6 is 0 Å². The molecule has 0 aliphatic heterocycles. The Labute approximate surface area is 334 Å². The van der Waals surface area contributed by atoms with Gasteiger partial charge in [-0.05, 0) is 133 Å². The summed E-state index contributed by atoms with van der Waals surface area (Å²) in [6.45, 7) is 22.5. The number of carbonyl (C=O) groups is 3. The number of alkyl carbamates (subject to hydrolysis) is 1. The van der Waals surface area contributed by atoms with E-state index < -0.39 is 51.6 Å². The molecule has 3 aromatic rings. The molecule has 0 saturated heterocycles. The Morgan fingerprint density at radius 2 is 1.60 bits per heavy atom. The third kappa shape index (κ3) is 13.3. The monoisotopic (exact) mass is 794 g/mol. The third-order valence-electron chi connectivity index (χ3n) is 8.78. The normalized spacial score (nSPS) is 16.6. The van der Waals surface area contributed by atoms with Gasteiger partial charge in [-0.25, -0.2) is 28.9 Å². The number of nitro groups is 1. The molecule has 1 saturated carbocycles. The van der Waals surface area contributed by atoms with Gasteiger partial charge in [0.05, 0.1) is 27.9 Å². The predicted octanol–water partition coefficient (Wildman–Crippen LogP) is 9.72. The molecule has 1 aliphatic rings. The molecule has 0 spiro atoms. The van der Waals surface area contributed by atoms with E-state index in [1.54, 1.807) is 43.8 Å². The summed E-state index contributed by atoms with van der Waals surface area (Å²) in [7, 11) is 0. The molecule has 2 amide bonds. The molecule has 0 radical (unpaired) electrons. The zero-order valence-corrected chi connectivity index (χ0v) is 35.2. The van der Waals surface area contributed by atoms with Gasteiger partial charge in [-0.2, -0.15) is 5.10 Å². The molecule has 16 heteroatoms. The van der Waals surface area contributed by atoms with Gasteiger partial charge in [0.25, 0.3) is 5.69 Å². The molecule has 57 heavy (non-hydrogen) atoms. The minimum atomic E-state index is -0.905. The van der Waals surface area contributed by atoms with E-state index in [1.165, 1.54) is 29.2 Å². The minimum absolute atomic E-state index is 0.101. The van der Waals surface area contributed by atoms with Crippen LogP contribution in [-0.4, -0.2) is 67.0 Å². The fraction of sp³-hybridized carbons (Fsp3) is 0.585. The Morgan fingerprint density at radius 3 is 2.19 bits per heavy atom. The van der Waals surface area contributed by atoms with Crippen molar-refractivity contribution in [3.05, 3.63) is 64.5 Å². The summed E-state index contributed by atoms with van der Waals surface area (Å²) in [5.41, 5.74) is -1.51. The quantitative estimate of drug-likeness (QED) is 0.0602. The molecule has 0 bridgehead atoms. The van der Waals surface area contributed by atoms with Gasteiger partial charge >= 0.3 is 18.3 Å². The lowest BCUT2D eigenvalue weighted by molar-refractivity contribution is -0.384. The Balaban J connectivity index is 1.54. The van der Waals surface area contributed by atoms with E-state index in [0.717, 1.165) is 0 Å². The zero-order valence-electron chi connectivity index (χ0n) is 35.2. The Bertz CT molecular complexity index is 1890. The topological polar surface area (TPSA) is 186 Å². The Hall–Kier alpha value is -5.41. The van der Waals surface area contributed by atoms with Crippen LogP contribution in [0.5, 0.6) is 11.6 Å². The molecule has 4 rings (SSSR count). The minimum Gasteiger partial charge on any atom is -0.475 e. The Morgan fingerprint density at radius 1 is 0.947 bits per heavy atom. The molecule has 2 aromatic heterocycles. The molecule has 3 atom stereocenters. The summed E-state index contributed by atoms with van der Waals surface area (Å²) >= 11 is 0.